The number of hydrogen-bond acceptors (Lipinski definition) is 6. The third kappa shape index (κ3) is 5.90. The molecular formula is C16H14ClFN2O6S. The quantitative estimate of drug-likeness (QED) is 0.306. The zero-order valence-corrected chi connectivity index (χ0v) is 15.3. The molecule has 0 radical (unpaired) electrons. The van der Waals surface area contributed by atoms with Gasteiger partial charge in [0.15, 0.2) is 0 Å². The number of ether oxygens (including phenoxy) is 1. The number of non-ortho nitro benzene ring substituents is 1. The molecule has 8 nitrogen and oxygen atoms in total. The van der Waals surface area contributed by atoms with Crippen LogP contribution in [-0.2, 0) is 10.2 Å². The summed E-state index contributed by atoms with van der Waals surface area (Å²) in [5.41, 5.74) is 0.0351. The van der Waals surface area contributed by atoms with Gasteiger partial charge in [0.2, 0.25) is 0 Å². The molecule has 0 unspecified atom stereocenters. The summed E-state index contributed by atoms with van der Waals surface area (Å²) < 4.78 is 39.6. The molecule has 0 saturated carbocycles. The molecule has 0 aliphatic rings. The van der Waals surface area contributed by atoms with Crippen LogP contribution in [0.4, 0.5) is 9.57 Å². The van der Waals surface area contributed by atoms with Crippen molar-refractivity contribution in [1.29, 1.82) is 0 Å². The van der Waals surface area contributed by atoms with Crippen molar-refractivity contribution in [2.75, 3.05) is 13.2 Å². The maximum Gasteiger partial charge on any atom is 0.332 e. The second-order valence-corrected chi connectivity index (χ2v) is 7.05. The topological polar surface area (TPSA) is 116 Å². The van der Waals surface area contributed by atoms with Gasteiger partial charge in [-0.15, -0.1) is 3.89 Å². The molecule has 11 heteroatoms. The van der Waals surface area contributed by atoms with Gasteiger partial charge in [0.05, 0.1) is 21.4 Å². The summed E-state index contributed by atoms with van der Waals surface area (Å²) in [6, 6.07) is 8.25. The molecule has 0 aliphatic carbocycles. The molecular weight excluding hydrogens is 403 g/mol. The molecule has 2 aromatic rings. The third-order valence-electron chi connectivity index (χ3n) is 3.39. The second-order valence-electron chi connectivity index (χ2n) is 5.29. The molecule has 1 amide bonds. The van der Waals surface area contributed by atoms with Gasteiger partial charge in [0, 0.05) is 24.2 Å². The van der Waals surface area contributed by atoms with E-state index in [1.54, 1.807) is 0 Å². The van der Waals surface area contributed by atoms with Crippen molar-refractivity contribution < 1.29 is 26.8 Å². The summed E-state index contributed by atoms with van der Waals surface area (Å²) in [5.74, 6) is -0.164. The Hall–Kier alpha value is -2.72. The SMILES string of the molecule is O=C(NCCCOc1ccc([N+](=O)[O-])cc1Cl)c1ccc(S(=O)(=O)F)cc1. The highest BCUT2D eigenvalue weighted by molar-refractivity contribution is 7.86. The van der Waals surface area contributed by atoms with E-state index in [4.69, 9.17) is 16.3 Å². The second kappa shape index (κ2) is 8.78. The molecule has 2 aromatic carbocycles. The Morgan fingerprint density at radius 2 is 1.89 bits per heavy atom. The fourth-order valence-electron chi connectivity index (χ4n) is 2.05. The maximum atomic E-state index is 12.8. The number of carbonyl (C=O) groups excluding carboxylic acids is 1. The molecule has 144 valence electrons. The van der Waals surface area contributed by atoms with Crippen LogP contribution in [0.5, 0.6) is 5.75 Å². The molecule has 0 heterocycles. The predicted octanol–water partition coefficient (Wildman–Crippen LogP) is 3.11. The van der Waals surface area contributed by atoms with Crippen LogP contribution in [-0.4, -0.2) is 32.4 Å². The van der Waals surface area contributed by atoms with E-state index in [9.17, 15) is 27.2 Å². The van der Waals surface area contributed by atoms with Gasteiger partial charge in [-0.3, -0.25) is 14.9 Å². The lowest BCUT2D eigenvalue weighted by atomic mass is 10.2. The first-order valence-corrected chi connectivity index (χ1v) is 9.34. The van der Waals surface area contributed by atoms with Crippen LogP contribution in [0.25, 0.3) is 0 Å². The van der Waals surface area contributed by atoms with E-state index in [1.807, 2.05) is 0 Å². The van der Waals surface area contributed by atoms with E-state index < -0.39 is 25.9 Å². The number of nitro groups is 1. The van der Waals surface area contributed by atoms with E-state index in [0.29, 0.717) is 6.42 Å². The van der Waals surface area contributed by atoms with Crippen molar-refractivity contribution in [1.82, 2.24) is 5.32 Å². The van der Waals surface area contributed by atoms with Crippen molar-refractivity contribution in [3.8, 4) is 5.75 Å². The highest BCUT2D eigenvalue weighted by Gasteiger charge is 2.13. The first-order chi connectivity index (χ1) is 12.7. The largest absolute Gasteiger partial charge is 0.492 e. The van der Waals surface area contributed by atoms with Crippen LogP contribution < -0.4 is 10.1 Å². The smallest absolute Gasteiger partial charge is 0.332 e. The first kappa shape index (κ1) is 20.6. The maximum absolute atomic E-state index is 12.8. The van der Waals surface area contributed by atoms with Gasteiger partial charge >= 0.3 is 10.2 Å². The number of rotatable bonds is 8. The van der Waals surface area contributed by atoms with Gasteiger partial charge in [0.1, 0.15) is 5.75 Å². The first-order valence-electron chi connectivity index (χ1n) is 7.58. The number of halogens is 2. The monoisotopic (exact) mass is 416 g/mol. The van der Waals surface area contributed by atoms with Crippen molar-refractivity contribution in [3.05, 3.63) is 63.2 Å². The lowest BCUT2D eigenvalue weighted by Gasteiger charge is -2.09. The van der Waals surface area contributed by atoms with Crippen molar-refractivity contribution in [2.24, 2.45) is 0 Å². The summed E-state index contributed by atoms with van der Waals surface area (Å²) in [6.07, 6.45) is 0.427. The van der Waals surface area contributed by atoms with Crippen LogP contribution in [0.3, 0.4) is 0 Å². The molecule has 0 atom stereocenters. The average molecular weight is 417 g/mol. The molecule has 0 aromatic heterocycles. The lowest BCUT2D eigenvalue weighted by Crippen LogP contribution is -2.25. The highest BCUT2D eigenvalue weighted by atomic mass is 35.5. The van der Waals surface area contributed by atoms with Gasteiger partial charge in [-0.05, 0) is 36.8 Å². The Morgan fingerprint density at radius 3 is 2.44 bits per heavy atom. The van der Waals surface area contributed by atoms with E-state index in [0.717, 1.165) is 12.1 Å². The molecule has 0 saturated heterocycles. The number of hydrogen-bond donors (Lipinski definition) is 1. The minimum atomic E-state index is -4.80. The fourth-order valence-corrected chi connectivity index (χ4v) is 2.74. The minimum absolute atomic E-state index is 0.108. The van der Waals surface area contributed by atoms with E-state index >= 15 is 0 Å². The van der Waals surface area contributed by atoms with Crippen LogP contribution in [0, 0.1) is 10.1 Å². The van der Waals surface area contributed by atoms with Gasteiger partial charge in [-0.25, -0.2) is 0 Å². The normalized spacial score (nSPS) is 11.0. The van der Waals surface area contributed by atoms with E-state index in [-0.39, 0.29) is 35.2 Å². The van der Waals surface area contributed by atoms with Gasteiger partial charge in [0.25, 0.3) is 11.6 Å². The van der Waals surface area contributed by atoms with Crippen LogP contribution >= 0.6 is 11.6 Å². The van der Waals surface area contributed by atoms with E-state index in [2.05, 4.69) is 5.32 Å². The highest BCUT2D eigenvalue weighted by Crippen LogP contribution is 2.28. The summed E-state index contributed by atoms with van der Waals surface area (Å²) in [4.78, 5) is 21.5. The van der Waals surface area contributed by atoms with Crippen LogP contribution in [0.1, 0.15) is 16.8 Å². The van der Waals surface area contributed by atoms with Crippen LogP contribution in [0.2, 0.25) is 5.02 Å². The standard InChI is InChI=1S/C16H14ClFN2O6S/c17-14-10-12(20(22)23)4-7-15(14)26-9-1-8-19-16(21)11-2-5-13(6-3-11)27(18,24)25/h2-7,10H,1,8-9H2,(H,19,21). The number of nitrogens with zero attached hydrogens (tertiary/aromatic N) is 1. The fraction of sp³-hybridized carbons (Fsp3) is 0.188. The predicted molar refractivity (Wildman–Crippen MR) is 95.3 cm³/mol. The Kier molecular flexibility index (Phi) is 6.70. The molecule has 27 heavy (non-hydrogen) atoms. The number of benzene rings is 2. The molecule has 0 fully saturated rings. The number of carbonyl (C=O) groups is 1. The van der Waals surface area contributed by atoms with Gasteiger partial charge < -0.3 is 10.1 Å². The molecule has 0 spiro atoms. The Morgan fingerprint density at radius 1 is 1.22 bits per heavy atom. The lowest BCUT2D eigenvalue weighted by molar-refractivity contribution is -0.384. The van der Waals surface area contributed by atoms with Gasteiger partial charge in [-0.2, -0.15) is 8.42 Å². The number of nitro benzene ring substituents is 1. The molecule has 2 rings (SSSR count). The molecule has 0 bridgehead atoms. The zero-order valence-electron chi connectivity index (χ0n) is 13.7. The number of amides is 1. The Labute approximate surface area is 159 Å². The summed E-state index contributed by atoms with van der Waals surface area (Å²) in [7, 11) is -4.80. The number of nitrogens with one attached hydrogen (secondary N) is 1. The zero-order chi connectivity index (χ0) is 20.0. The minimum Gasteiger partial charge on any atom is -0.492 e. The van der Waals surface area contributed by atoms with Crippen molar-refractivity contribution >= 4 is 33.4 Å². The third-order valence-corrected chi connectivity index (χ3v) is 4.52. The van der Waals surface area contributed by atoms with E-state index in [1.165, 1.54) is 30.3 Å². The van der Waals surface area contributed by atoms with Crippen molar-refractivity contribution in [2.45, 2.75) is 11.3 Å². The molecule has 0 aliphatic heterocycles. The van der Waals surface area contributed by atoms with Crippen molar-refractivity contribution in [3.63, 3.8) is 0 Å². The van der Waals surface area contributed by atoms with Crippen LogP contribution in [0.15, 0.2) is 47.4 Å². The molecule has 1 N–H and O–H groups in total. The Bertz CT molecular complexity index is 950. The Balaban J connectivity index is 1.78. The summed E-state index contributed by atoms with van der Waals surface area (Å²) in [6.45, 7) is 0.462. The average Bonchev–Trinajstić information content (AvgIpc) is 2.61. The van der Waals surface area contributed by atoms with Gasteiger partial charge in [-0.1, -0.05) is 11.6 Å². The summed E-state index contributed by atoms with van der Waals surface area (Å²) >= 11 is 5.89. The summed E-state index contributed by atoms with van der Waals surface area (Å²) in [5, 5.41) is 13.3.